The van der Waals surface area contributed by atoms with Crippen LogP contribution in [0.2, 0.25) is 10.0 Å². The van der Waals surface area contributed by atoms with Crippen molar-refractivity contribution in [2.24, 2.45) is 0 Å². The number of piperazine rings is 1. The molecule has 6 rings (SSSR count). The molecule has 1 saturated heterocycles. The minimum absolute atomic E-state index is 0.000269. The summed E-state index contributed by atoms with van der Waals surface area (Å²) in [5.74, 6) is 1.37. The van der Waals surface area contributed by atoms with Crippen molar-refractivity contribution in [3.8, 4) is 0 Å². The number of aliphatic hydroxyl groups excluding tert-OH is 2. The van der Waals surface area contributed by atoms with Crippen molar-refractivity contribution in [2.45, 2.75) is 58.9 Å². The number of aliphatic hydroxyl groups is 2. The van der Waals surface area contributed by atoms with Crippen molar-refractivity contribution in [3.63, 3.8) is 0 Å². The second kappa shape index (κ2) is 19.3. The Morgan fingerprint density at radius 1 is 0.782 bits per heavy atom. The van der Waals surface area contributed by atoms with E-state index in [1.807, 2.05) is 106 Å². The number of benzene rings is 2. The Kier molecular flexibility index (Phi) is 14.5. The summed E-state index contributed by atoms with van der Waals surface area (Å²) < 4.78 is 0. The molecular formula is C42H51Cl2N7O4. The summed E-state index contributed by atoms with van der Waals surface area (Å²) in [5.41, 5.74) is 6.51. The van der Waals surface area contributed by atoms with Crippen LogP contribution in [0.1, 0.15) is 61.3 Å². The van der Waals surface area contributed by atoms with Gasteiger partial charge in [-0.1, -0.05) is 78.5 Å². The van der Waals surface area contributed by atoms with Crippen LogP contribution in [0.5, 0.6) is 0 Å². The van der Waals surface area contributed by atoms with Gasteiger partial charge in [-0.2, -0.15) is 0 Å². The second-order valence-corrected chi connectivity index (χ2v) is 15.2. The molecule has 3 amide bonds. The molecule has 3 atom stereocenters. The number of aromatic nitrogens is 2. The minimum Gasteiger partial charge on any atom is -0.396 e. The molecule has 1 fully saturated rings. The van der Waals surface area contributed by atoms with E-state index in [0.717, 1.165) is 45.0 Å². The van der Waals surface area contributed by atoms with Crippen molar-refractivity contribution in [2.75, 3.05) is 66.4 Å². The molecule has 0 bridgehead atoms. The lowest BCUT2D eigenvalue weighted by Crippen LogP contribution is -2.55. The lowest BCUT2D eigenvalue weighted by Gasteiger charge is -2.40. The molecule has 2 aliphatic heterocycles. The molecule has 292 valence electrons. The van der Waals surface area contributed by atoms with E-state index in [2.05, 4.69) is 30.4 Å². The fourth-order valence-electron chi connectivity index (χ4n) is 6.31. The van der Waals surface area contributed by atoms with Gasteiger partial charge in [0.05, 0.1) is 10.0 Å². The van der Waals surface area contributed by atoms with Gasteiger partial charge in [-0.15, -0.1) is 0 Å². The molecule has 4 aromatic rings. The van der Waals surface area contributed by atoms with Crippen molar-refractivity contribution in [1.82, 2.24) is 14.9 Å². The van der Waals surface area contributed by atoms with Crippen molar-refractivity contribution in [3.05, 3.63) is 117 Å². The average molecular weight is 789 g/mol. The van der Waals surface area contributed by atoms with E-state index < -0.39 is 0 Å². The first-order chi connectivity index (χ1) is 26.4. The number of rotatable bonds is 9. The number of urea groups is 1. The third-order valence-electron chi connectivity index (χ3n) is 9.97. The van der Waals surface area contributed by atoms with Crippen LogP contribution in [0.15, 0.2) is 84.7 Å². The van der Waals surface area contributed by atoms with E-state index in [1.54, 1.807) is 12.4 Å². The number of hydrogen-bond acceptors (Lipinski definition) is 8. The predicted octanol–water partition coefficient (Wildman–Crippen LogP) is 7.80. The van der Waals surface area contributed by atoms with Crippen molar-refractivity contribution < 1.29 is 19.8 Å². The Balaban J connectivity index is 0.000000211. The predicted molar refractivity (Wildman–Crippen MR) is 223 cm³/mol. The molecule has 4 N–H and O–H groups in total. The molecule has 4 heterocycles. The average Bonchev–Trinajstić information content (AvgIpc) is 3.19. The first kappa shape index (κ1) is 41.5. The topological polar surface area (TPSA) is 134 Å². The Labute approximate surface area is 334 Å². The van der Waals surface area contributed by atoms with Gasteiger partial charge in [0.15, 0.2) is 0 Å². The largest absolute Gasteiger partial charge is 0.396 e. The number of carbonyl (C=O) groups excluding carboxylic acids is 2. The molecule has 0 spiro atoms. The fourth-order valence-corrected chi connectivity index (χ4v) is 6.89. The Hall–Kier alpha value is -4.68. The maximum atomic E-state index is 12.7. The third kappa shape index (κ3) is 11.0. The maximum Gasteiger partial charge on any atom is 0.322 e. The van der Waals surface area contributed by atoms with E-state index in [-0.39, 0.29) is 43.0 Å². The molecular weight excluding hydrogens is 737 g/mol. The number of nitrogens with zero attached hydrogens (tertiary/aromatic N) is 5. The fraction of sp³-hybridized carbons (Fsp3) is 0.381. The van der Waals surface area contributed by atoms with Gasteiger partial charge < -0.3 is 35.5 Å². The van der Waals surface area contributed by atoms with Crippen LogP contribution in [0.4, 0.5) is 27.8 Å². The van der Waals surface area contributed by atoms with Crippen LogP contribution in [0.25, 0.3) is 0 Å². The lowest BCUT2D eigenvalue weighted by atomic mass is 10.0. The number of halogens is 2. The number of aryl methyl sites for hydroxylation is 2. The van der Waals surface area contributed by atoms with Crippen LogP contribution in [-0.2, 0) is 4.79 Å². The molecule has 0 radical (unpaired) electrons. The monoisotopic (exact) mass is 787 g/mol. The quantitative estimate of drug-likeness (QED) is 0.135. The lowest BCUT2D eigenvalue weighted by molar-refractivity contribution is -0.113. The molecule has 13 heteroatoms. The number of anilines is 4. The third-order valence-corrected chi connectivity index (χ3v) is 10.5. The molecule has 3 unspecified atom stereocenters. The molecule has 11 nitrogen and oxygen atoms in total. The van der Waals surface area contributed by atoms with Gasteiger partial charge in [0.2, 0.25) is 0 Å². The van der Waals surface area contributed by atoms with E-state index in [1.165, 1.54) is 0 Å². The molecule has 2 aromatic carbocycles. The highest BCUT2D eigenvalue weighted by molar-refractivity contribution is 6.33. The van der Waals surface area contributed by atoms with Crippen LogP contribution < -0.4 is 20.4 Å². The van der Waals surface area contributed by atoms with E-state index in [4.69, 9.17) is 23.2 Å². The van der Waals surface area contributed by atoms with Crippen LogP contribution in [-0.4, -0.2) is 89.0 Å². The van der Waals surface area contributed by atoms with Gasteiger partial charge in [0.25, 0.3) is 5.91 Å². The zero-order chi connectivity index (χ0) is 39.6. The second-order valence-electron chi connectivity index (χ2n) is 14.3. The van der Waals surface area contributed by atoms with Crippen LogP contribution >= 0.6 is 23.2 Å². The first-order valence-electron chi connectivity index (χ1n) is 18.6. The van der Waals surface area contributed by atoms with E-state index in [0.29, 0.717) is 55.0 Å². The van der Waals surface area contributed by atoms with Crippen molar-refractivity contribution in [1.29, 1.82) is 0 Å². The van der Waals surface area contributed by atoms with E-state index >= 15 is 0 Å². The normalized spacial score (nSPS) is 16.7. The SMILES string of the molecule is Cc1ccc(NC(=O)C2=CCN(c3ncc(C(C)CO)cc3Cl)CC2)cc1.Cc1ccc(NC(=O)N2CCN(c3ncc(C(C)CO)cc3Cl)CC2C)cc1. The summed E-state index contributed by atoms with van der Waals surface area (Å²) in [6, 6.07) is 19.2. The number of hydrogen-bond donors (Lipinski definition) is 4. The number of nitrogens with one attached hydrogen (secondary N) is 2. The summed E-state index contributed by atoms with van der Waals surface area (Å²) in [4.78, 5) is 40.1. The number of carbonyl (C=O) groups is 2. The Bertz CT molecular complexity index is 1960. The van der Waals surface area contributed by atoms with E-state index in [9.17, 15) is 19.8 Å². The maximum absolute atomic E-state index is 12.7. The van der Waals surface area contributed by atoms with Gasteiger partial charge in [-0.25, -0.2) is 14.8 Å². The summed E-state index contributed by atoms with van der Waals surface area (Å²) in [6.45, 7) is 13.2. The summed E-state index contributed by atoms with van der Waals surface area (Å²) in [7, 11) is 0. The Morgan fingerprint density at radius 3 is 1.75 bits per heavy atom. The van der Waals surface area contributed by atoms with Crippen LogP contribution in [0.3, 0.4) is 0 Å². The number of pyridine rings is 2. The smallest absolute Gasteiger partial charge is 0.322 e. The van der Waals surface area contributed by atoms with Crippen molar-refractivity contribution >= 4 is 58.2 Å². The highest BCUT2D eigenvalue weighted by Gasteiger charge is 2.29. The van der Waals surface area contributed by atoms with Gasteiger partial charge >= 0.3 is 6.03 Å². The van der Waals surface area contributed by atoms with Gasteiger partial charge in [-0.3, -0.25) is 4.79 Å². The zero-order valence-electron chi connectivity index (χ0n) is 32.1. The summed E-state index contributed by atoms with van der Waals surface area (Å²) in [5, 5.41) is 25.6. The molecule has 0 saturated carbocycles. The van der Waals surface area contributed by atoms with Crippen LogP contribution in [0, 0.1) is 13.8 Å². The Morgan fingerprint density at radius 2 is 1.29 bits per heavy atom. The molecule has 55 heavy (non-hydrogen) atoms. The zero-order valence-corrected chi connectivity index (χ0v) is 33.6. The molecule has 0 aliphatic carbocycles. The molecule has 2 aliphatic rings. The standard InChI is InChI=1S/C21H27ClN4O2.C21H24ClN3O2/c1-14-4-6-18(7-5-14)24-21(28)26-9-8-25(12-16(26)3)20-19(22)10-17(11-23-20)15(2)13-27;1-14-3-5-18(6-4-14)24-21(27)16-7-9-25(10-8-16)20-19(22)11-17(12-23-20)15(2)13-26/h4-7,10-11,15-16,27H,8-9,12-13H2,1-3H3,(H,24,28);3-7,11-12,15,26H,8-10,13H2,1-2H3,(H,24,27). The highest BCUT2D eigenvalue weighted by atomic mass is 35.5. The van der Waals surface area contributed by atoms with Gasteiger partial charge in [-0.05, 0) is 74.7 Å². The van der Waals surface area contributed by atoms with Gasteiger partial charge in [0.1, 0.15) is 11.6 Å². The first-order valence-corrected chi connectivity index (χ1v) is 19.4. The summed E-state index contributed by atoms with van der Waals surface area (Å²) >= 11 is 12.8. The highest BCUT2D eigenvalue weighted by Crippen LogP contribution is 2.30. The number of amides is 3. The van der Waals surface area contributed by atoms with Gasteiger partial charge in [0, 0.05) is 93.2 Å². The minimum atomic E-state index is -0.0952. The summed E-state index contributed by atoms with van der Waals surface area (Å²) in [6.07, 6.45) is 6.08. The molecule has 2 aromatic heterocycles.